The fourth-order valence-corrected chi connectivity index (χ4v) is 4.19. The van der Waals surface area contributed by atoms with Gasteiger partial charge in [-0.1, -0.05) is 0 Å². The fourth-order valence-electron chi connectivity index (χ4n) is 3.14. The number of halogens is 1. The molecule has 0 atom stereocenters. The first-order chi connectivity index (χ1) is 12.9. The number of ether oxygens (including phenoxy) is 2. The summed E-state index contributed by atoms with van der Waals surface area (Å²) < 4.78 is 25.6. The third-order valence-corrected chi connectivity index (χ3v) is 6.55. The molecule has 1 aromatic heterocycles. The van der Waals surface area contributed by atoms with E-state index in [1.54, 1.807) is 17.8 Å². The summed E-state index contributed by atoms with van der Waals surface area (Å²) in [5.74, 6) is 0.975. The molecule has 0 spiro atoms. The molecule has 0 bridgehead atoms. The van der Waals surface area contributed by atoms with E-state index in [0.29, 0.717) is 29.6 Å². The van der Waals surface area contributed by atoms with Crippen LogP contribution in [0.3, 0.4) is 0 Å². The lowest BCUT2D eigenvalue weighted by atomic mass is 9.94. The Kier molecular flexibility index (Phi) is 4.75. The van der Waals surface area contributed by atoms with Crippen LogP contribution in [0, 0.1) is 5.92 Å². The van der Waals surface area contributed by atoms with Gasteiger partial charge in [-0.05, 0) is 30.9 Å². The van der Waals surface area contributed by atoms with Crippen molar-refractivity contribution < 1.29 is 23.5 Å². The molecule has 3 N–H and O–H groups in total. The third-order valence-electron chi connectivity index (χ3n) is 5.04. The number of hydrogen-bond donors (Lipinski definition) is 2. The second kappa shape index (κ2) is 6.94. The van der Waals surface area contributed by atoms with E-state index in [-0.39, 0.29) is 31.2 Å². The third kappa shape index (κ3) is 3.89. The summed E-state index contributed by atoms with van der Waals surface area (Å²) in [5.41, 5.74) is 3.49. The Labute approximate surface area is 160 Å². The first kappa shape index (κ1) is 18.5. The minimum Gasteiger partial charge on any atom is -0.477 e. The summed E-state index contributed by atoms with van der Waals surface area (Å²) >= 11 is 1.63. The van der Waals surface area contributed by atoms with E-state index in [0.717, 1.165) is 12.8 Å². The predicted molar refractivity (Wildman–Crippen MR) is 97.4 cm³/mol. The Morgan fingerprint density at radius 3 is 2.63 bits per heavy atom. The van der Waals surface area contributed by atoms with Crippen LogP contribution in [0.2, 0.25) is 0 Å². The van der Waals surface area contributed by atoms with Gasteiger partial charge in [-0.3, -0.25) is 9.59 Å². The molecule has 3 aliphatic rings. The van der Waals surface area contributed by atoms with Crippen LogP contribution >= 0.6 is 11.8 Å². The van der Waals surface area contributed by atoms with Gasteiger partial charge in [-0.15, -0.1) is 0 Å². The number of thioether (sulfide) groups is 1. The molecule has 0 aromatic carbocycles. The highest BCUT2D eigenvalue weighted by molar-refractivity contribution is 8.00. The second-order valence-electron chi connectivity index (χ2n) is 7.63. The Morgan fingerprint density at radius 1 is 1.37 bits per heavy atom. The van der Waals surface area contributed by atoms with Crippen LogP contribution in [0.15, 0.2) is 12.1 Å². The average Bonchev–Trinajstić information content (AvgIpc) is 3.39. The quantitative estimate of drug-likeness (QED) is 0.685. The second-order valence-corrected chi connectivity index (χ2v) is 8.62. The molecule has 0 radical (unpaired) electrons. The van der Waals surface area contributed by atoms with Crippen molar-refractivity contribution in [1.82, 2.24) is 10.3 Å². The largest absolute Gasteiger partial charge is 0.477 e. The number of primary amides is 1. The number of amides is 2. The number of hydrogen-bond acceptors (Lipinski definition) is 6. The Bertz CT molecular complexity index is 763. The summed E-state index contributed by atoms with van der Waals surface area (Å²) in [7, 11) is 0. The van der Waals surface area contributed by atoms with E-state index < -0.39 is 23.0 Å². The molecule has 0 unspecified atom stereocenters. The molecule has 2 amide bonds. The lowest BCUT2D eigenvalue weighted by Gasteiger charge is -2.41. The van der Waals surface area contributed by atoms with Gasteiger partial charge in [0.2, 0.25) is 11.8 Å². The Morgan fingerprint density at radius 2 is 2.11 bits per heavy atom. The van der Waals surface area contributed by atoms with Crippen molar-refractivity contribution in [3.63, 3.8) is 0 Å². The van der Waals surface area contributed by atoms with Crippen molar-refractivity contribution in [1.29, 1.82) is 0 Å². The number of aromatic nitrogens is 1. The van der Waals surface area contributed by atoms with Gasteiger partial charge < -0.3 is 20.5 Å². The summed E-state index contributed by atoms with van der Waals surface area (Å²) in [4.78, 5) is 28.3. The summed E-state index contributed by atoms with van der Waals surface area (Å²) in [5, 5.41) is 2.87. The number of pyridine rings is 1. The highest BCUT2D eigenvalue weighted by Crippen LogP contribution is 2.39. The number of nitrogens with two attached hydrogens (primary N) is 1. The van der Waals surface area contributed by atoms with Crippen LogP contribution in [0.5, 0.6) is 5.88 Å². The van der Waals surface area contributed by atoms with E-state index >= 15 is 0 Å². The first-order valence-corrected chi connectivity index (χ1v) is 10.1. The van der Waals surface area contributed by atoms with Gasteiger partial charge in [0.25, 0.3) is 5.91 Å². The molecule has 2 saturated heterocycles. The number of nitrogens with one attached hydrogen (secondary N) is 1. The van der Waals surface area contributed by atoms with Gasteiger partial charge in [0.15, 0.2) is 5.67 Å². The van der Waals surface area contributed by atoms with Crippen molar-refractivity contribution in [2.75, 3.05) is 31.3 Å². The van der Waals surface area contributed by atoms with Crippen molar-refractivity contribution in [2.24, 2.45) is 11.7 Å². The van der Waals surface area contributed by atoms with Crippen LogP contribution in [0.4, 0.5) is 4.39 Å². The number of alkyl halides is 1. The van der Waals surface area contributed by atoms with Gasteiger partial charge in [-0.25, -0.2) is 9.37 Å². The maximum Gasteiger partial charge on any atom is 0.270 e. The molecule has 4 rings (SSSR count). The van der Waals surface area contributed by atoms with E-state index in [1.807, 2.05) is 0 Å². The molecule has 2 aliphatic heterocycles. The van der Waals surface area contributed by atoms with Crippen LogP contribution in [-0.2, 0) is 15.2 Å². The zero-order valence-electron chi connectivity index (χ0n) is 14.8. The Balaban J connectivity index is 1.53. The monoisotopic (exact) mass is 395 g/mol. The lowest BCUT2D eigenvalue weighted by Crippen LogP contribution is -2.59. The molecule has 146 valence electrons. The standard InChI is InChI=1S/C18H22FN3O4S/c19-18(7-25-8-18)12-3-4-13(21-16(12)26-6-11-1-2-11)15(24)22-17(5-14(20)23)9-27-10-17/h3-4,11H,1-2,5-10H2,(H2,20,23)(H,22,24). The minimum atomic E-state index is -1.63. The van der Waals surface area contributed by atoms with Crippen molar-refractivity contribution >= 4 is 23.6 Å². The lowest BCUT2D eigenvalue weighted by molar-refractivity contribution is -0.136. The molecule has 1 aromatic rings. The minimum absolute atomic E-state index is 0.0427. The zero-order valence-corrected chi connectivity index (χ0v) is 15.6. The smallest absolute Gasteiger partial charge is 0.270 e. The Hall–Kier alpha value is -1.87. The molecule has 1 saturated carbocycles. The average molecular weight is 395 g/mol. The predicted octanol–water partition coefficient (Wildman–Crippen LogP) is 1.16. The highest BCUT2D eigenvalue weighted by atomic mass is 32.2. The summed E-state index contributed by atoms with van der Waals surface area (Å²) in [6.07, 6.45) is 2.26. The maximum absolute atomic E-state index is 14.9. The van der Waals surface area contributed by atoms with E-state index in [1.165, 1.54) is 6.07 Å². The van der Waals surface area contributed by atoms with E-state index in [2.05, 4.69) is 10.3 Å². The molecule has 27 heavy (non-hydrogen) atoms. The summed E-state index contributed by atoms with van der Waals surface area (Å²) in [6, 6.07) is 3.03. The van der Waals surface area contributed by atoms with Gasteiger partial charge in [0.1, 0.15) is 5.69 Å². The van der Waals surface area contributed by atoms with Gasteiger partial charge in [0.05, 0.1) is 37.3 Å². The van der Waals surface area contributed by atoms with Crippen LogP contribution in [0.1, 0.15) is 35.3 Å². The molecular weight excluding hydrogens is 373 g/mol. The molecule has 9 heteroatoms. The van der Waals surface area contributed by atoms with Crippen molar-refractivity contribution in [3.8, 4) is 5.88 Å². The number of rotatable bonds is 8. The van der Waals surface area contributed by atoms with Gasteiger partial charge in [-0.2, -0.15) is 11.8 Å². The number of carbonyl (C=O) groups excluding carboxylic acids is 2. The first-order valence-electron chi connectivity index (χ1n) is 8.99. The molecule has 3 fully saturated rings. The number of carbonyl (C=O) groups is 2. The SMILES string of the molecule is NC(=O)CC1(NC(=O)c2ccc(C3(F)COC3)c(OCC3CC3)n2)CSC1. The van der Waals surface area contributed by atoms with Crippen LogP contribution in [0.25, 0.3) is 0 Å². The van der Waals surface area contributed by atoms with E-state index in [4.69, 9.17) is 15.2 Å². The fraction of sp³-hybridized carbons (Fsp3) is 0.611. The van der Waals surface area contributed by atoms with Crippen molar-refractivity contribution in [2.45, 2.75) is 30.5 Å². The van der Waals surface area contributed by atoms with Crippen molar-refractivity contribution in [3.05, 3.63) is 23.4 Å². The summed E-state index contributed by atoms with van der Waals surface area (Å²) in [6.45, 7) is 0.377. The van der Waals surface area contributed by atoms with Gasteiger partial charge >= 0.3 is 0 Å². The molecule has 7 nitrogen and oxygen atoms in total. The number of nitrogens with zero attached hydrogens (tertiary/aromatic N) is 1. The highest BCUT2D eigenvalue weighted by Gasteiger charge is 2.45. The normalized spacial score (nSPS) is 22.3. The van der Waals surface area contributed by atoms with Crippen LogP contribution in [-0.4, -0.2) is 53.7 Å². The van der Waals surface area contributed by atoms with E-state index in [9.17, 15) is 14.0 Å². The molecule has 1 aliphatic carbocycles. The van der Waals surface area contributed by atoms with Crippen LogP contribution < -0.4 is 15.8 Å². The maximum atomic E-state index is 14.9. The molecular formula is C18H22FN3O4S. The zero-order chi connectivity index (χ0) is 19.1. The topological polar surface area (TPSA) is 104 Å². The van der Waals surface area contributed by atoms with Gasteiger partial charge in [0, 0.05) is 11.5 Å². The molecule has 3 heterocycles.